The molecule has 238 valence electrons. The summed E-state index contributed by atoms with van der Waals surface area (Å²) in [4.78, 5) is 33.5. The molecule has 0 radical (unpaired) electrons. The van der Waals surface area contributed by atoms with Gasteiger partial charge in [-0.05, 0) is 80.0 Å². The predicted octanol–water partition coefficient (Wildman–Crippen LogP) is 5.28. The smallest absolute Gasteiger partial charge is 0.330 e. The second kappa shape index (κ2) is 15.4. The van der Waals surface area contributed by atoms with Gasteiger partial charge < -0.3 is 34.9 Å². The Balaban J connectivity index is 1.25. The SMILES string of the molecule is CN(C(=O)CCC(C1CCOCC1)N1Cc2cc(OC3=CCCC=C3)ccc2N=C1N)C(C=COCc1ccccc1)C(=O)O. The second-order valence-electron chi connectivity index (χ2n) is 11.5. The number of carboxylic acids is 1. The topological polar surface area (TPSA) is 127 Å². The lowest BCUT2D eigenvalue weighted by molar-refractivity contribution is -0.147. The lowest BCUT2D eigenvalue weighted by Gasteiger charge is -2.41. The molecular weight excluding hydrogens is 572 g/mol. The fraction of sp³-hybridized carbons (Fsp3) is 0.400. The number of fused-ring (bicyclic) bond motifs is 1. The predicted molar refractivity (Wildman–Crippen MR) is 171 cm³/mol. The van der Waals surface area contributed by atoms with Gasteiger partial charge in [0.1, 0.15) is 18.1 Å². The van der Waals surface area contributed by atoms with Crippen LogP contribution in [-0.4, -0.2) is 65.1 Å². The Morgan fingerprint density at radius 1 is 1.18 bits per heavy atom. The Hall–Kier alpha value is -4.57. The Kier molecular flexibility index (Phi) is 10.9. The van der Waals surface area contributed by atoms with Crippen molar-refractivity contribution in [2.24, 2.45) is 16.6 Å². The summed E-state index contributed by atoms with van der Waals surface area (Å²) in [6.07, 6.45) is 13.2. The van der Waals surface area contributed by atoms with E-state index in [-0.39, 0.29) is 24.3 Å². The molecule has 0 spiro atoms. The number of benzene rings is 2. The molecule has 2 aliphatic heterocycles. The molecule has 2 heterocycles. The highest BCUT2D eigenvalue weighted by atomic mass is 16.5. The highest BCUT2D eigenvalue weighted by Gasteiger charge is 2.34. The minimum absolute atomic E-state index is 0.0789. The number of hydrogen-bond donors (Lipinski definition) is 2. The van der Waals surface area contributed by atoms with Crippen LogP contribution in [0.25, 0.3) is 0 Å². The van der Waals surface area contributed by atoms with Gasteiger partial charge in [0.2, 0.25) is 5.91 Å². The lowest BCUT2D eigenvalue weighted by atomic mass is 9.87. The third-order valence-corrected chi connectivity index (χ3v) is 8.50. The molecule has 3 N–H and O–H groups in total. The molecule has 0 aromatic heterocycles. The van der Waals surface area contributed by atoms with Crippen molar-refractivity contribution in [3.8, 4) is 5.75 Å². The van der Waals surface area contributed by atoms with Crippen molar-refractivity contribution in [3.05, 3.63) is 96.0 Å². The summed E-state index contributed by atoms with van der Waals surface area (Å²) in [5.74, 6) is 0.815. The van der Waals surface area contributed by atoms with E-state index in [0.29, 0.717) is 38.7 Å². The van der Waals surface area contributed by atoms with Crippen LogP contribution in [0.1, 0.15) is 49.7 Å². The summed E-state index contributed by atoms with van der Waals surface area (Å²) in [6, 6.07) is 14.2. The van der Waals surface area contributed by atoms with Crippen molar-refractivity contribution in [1.82, 2.24) is 9.80 Å². The number of likely N-dealkylation sites (N-methyl/N-ethyl adjacent to an activating group) is 1. The molecule has 10 nitrogen and oxygen atoms in total. The molecular formula is C35H42N4O6. The largest absolute Gasteiger partial charge is 0.497 e. The Labute approximate surface area is 264 Å². The van der Waals surface area contributed by atoms with Crippen LogP contribution < -0.4 is 10.5 Å². The van der Waals surface area contributed by atoms with E-state index in [4.69, 9.17) is 24.9 Å². The maximum Gasteiger partial charge on any atom is 0.330 e. The number of guanidine groups is 1. The number of nitrogens with zero attached hydrogens (tertiary/aromatic N) is 3. The van der Waals surface area contributed by atoms with Gasteiger partial charge in [0.25, 0.3) is 0 Å². The molecule has 1 fully saturated rings. The summed E-state index contributed by atoms with van der Waals surface area (Å²) in [5.41, 5.74) is 9.31. The molecule has 2 atom stereocenters. The first kappa shape index (κ1) is 31.8. The molecule has 5 rings (SSSR count). The maximum atomic E-state index is 13.4. The van der Waals surface area contributed by atoms with Gasteiger partial charge in [-0.1, -0.05) is 36.4 Å². The highest BCUT2D eigenvalue weighted by molar-refractivity contribution is 5.85. The van der Waals surface area contributed by atoms with Crippen LogP contribution in [0.2, 0.25) is 0 Å². The number of rotatable bonds is 13. The van der Waals surface area contributed by atoms with E-state index in [1.165, 1.54) is 24.3 Å². The van der Waals surface area contributed by atoms with Gasteiger partial charge in [-0.25, -0.2) is 9.79 Å². The van der Waals surface area contributed by atoms with Crippen molar-refractivity contribution in [2.45, 2.75) is 63.8 Å². The number of aliphatic imine (C=N–C) groups is 1. The van der Waals surface area contributed by atoms with Gasteiger partial charge in [0.05, 0.1) is 11.9 Å². The number of carbonyl (C=O) groups is 2. The van der Waals surface area contributed by atoms with Gasteiger partial charge in [-0.2, -0.15) is 0 Å². The summed E-state index contributed by atoms with van der Waals surface area (Å²) >= 11 is 0. The molecule has 1 aliphatic carbocycles. The highest BCUT2D eigenvalue weighted by Crippen LogP contribution is 2.35. The first-order chi connectivity index (χ1) is 21.9. The van der Waals surface area contributed by atoms with Crippen LogP contribution in [0, 0.1) is 5.92 Å². The number of hydrogen-bond acceptors (Lipinski definition) is 8. The van der Waals surface area contributed by atoms with Crippen molar-refractivity contribution in [1.29, 1.82) is 0 Å². The number of ether oxygens (including phenoxy) is 3. The molecule has 2 aromatic carbocycles. The molecule has 0 saturated carbocycles. The third kappa shape index (κ3) is 8.54. The molecule has 2 aromatic rings. The van der Waals surface area contributed by atoms with E-state index in [9.17, 15) is 14.7 Å². The quantitative estimate of drug-likeness (QED) is 0.292. The first-order valence-electron chi connectivity index (χ1n) is 15.6. The van der Waals surface area contributed by atoms with Crippen molar-refractivity contribution >= 4 is 23.5 Å². The van der Waals surface area contributed by atoms with E-state index >= 15 is 0 Å². The van der Waals surface area contributed by atoms with Crippen molar-refractivity contribution in [3.63, 3.8) is 0 Å². The van der Waals surface area contributed by atoms with Crippen molar-refractivity contribution < 1.29 is 28.9 Å². The summed E-state index contributed by atoms with van der Waals surface area (Å²) in [6.45, 7) is 2.12. The number of carbonyl (C=O) groups excluding carboxylic acids is 1. The van der Waals surface area contributed by atoms with Crippen LogP contribution in [0.3, 0.4) is 0 Å². The fourth-order valence-corrected chi connectivity index (χ4v) is 5.98. The van der Waals surface area contributed by atoms with Gasteiger partial charge >= 0.3 is 5.97 Å². The van der Waals surface area contributed by atoms with Gasteiger partial charge in [-0.3, -0.25) is 4.79 Å². The van der Waals surface area contributed by atoms with Crippen molar-refractivity contribution in [2.75, 3.05) is 20.3 Å². The van der Waals surface area contributed by atoms with E-state index in [2.05, 4.69) is 17.1 Å². The number of amides is 1. The standard InChI is InChI=1S/C35H42N4O6/c1-38(32(34(41)42)18-21-44-24-25-8-4-2-5-9-25)33(40)15-14-31(26-16-19-43-20-17-26)39-23-27-22-29(12-13-30(27)37-35(39)36)45-28-10-6-3-7-11-28/h2,4-6,8-13,18,21-22,26,31-32H,3,7,14-17,19-20,23-24H2,1H3,(H2,36,37)(H,41,42). The summed E-state index contributed by atoms with van der Waals surface area (Å²) in [5, 5.41) is 9.88. The number of nitrogens with two attached hydrogens (primary N) is 1. The van der Waals surface area contributed by atoms with Crippen LogP contribution in [0.5, 0.6) is 5.75 Å². The maximum absolute atomic E-state index is 13.4. The first-order valence-corrected chi connectivity index (χ1v) is 15.6. The molecule has 45 heavy (non-hydrogen) atoms. The second-order valence-corrected chi connectivity index (χ2v) is 11.5. The molecule has 1 saturated heterocycles. The van der Waals surface area contributed by atoms with Crippen LogP contribution in [-0.2, 0) is 32.2 Å². The summed E-state index contributed by atoms with van der Waals surface area (Å²) in [7, 11) is 1.51. The van der Waals surface area contributed by atoms with Gasteiger partial charge in [0.15, 0.2) is 12.0 Å². The van der Waals surface area contributed by atoms with E-state index in [1.807, 2.05) is 54.6 Å². The fourth-order valence-electron chi connectivity index (χ4n) is 5.98. The lowest BCUT2D eigenvalue weighted by Crippen LogP contribution is -2.50. The number of aliphatic carboxylic acids is 1. The molecule has 0 bridgehead atoms. The minimum Gasteiger partial charge on any atom is -0.497 e. The van der Waals surface area contributed by atoms with Crippen LogP contribution in [0.15, 0.2) is 89.8 Å². The number of allylic oxidation sites excluding steroid dienone is 3. The number of carboxylic acid groups (broad SMARTS) is 1. The average Bonchev–Trinajstić information content (AvgIpc) is 3.06. The third-order valence-electron chi connectivity index (χ3n) is 8.50. The zero-order chi connectivity index (χ0) is 31.6. The molecule has 2 unspecified atom stereocenters. The zero-order valence-corrected chi connectivity index (χ0v) is 25.7. The Morgan fingerprint density at radius 3 is 2.71 bits per heavy atom. The van der Waals surface area contributed by atoms with E-state index < -0.39 is 12.0 Å². The minimum atomic E-state index is -1.16. The van der Waals surface area contributed by atoms with Gasteiger partial charge in [-0.15, -0.1) is 0 Å². The average molecular weight is 615 g/mol. The van der Waals surface area contributed by atoms with E-state index in [0.717, 1.165) is 54.0 Å². The Bertz CT molecular complexity index is 1450. The molecule has 1 amide bonds. The Morgan fingerprint density at radius 2 is 1.98 bits per heavy atom. The normalized spacial score (nSPS) is 18.0. The monoisotopic (exact) mass is 614 g/mol. The van der Waals surface area contributed by atoms with Gasteiger partial charge in [0, 0.05) is 44.8 Å². The van der Waals surface area contributed by atoms with E-state index in [1.54, 1.807) is 0 Å². The molecule has 3 aliphatic rings. The summed E-state index contributed by atoms with van der Waals surface area (Å²) < 4.78 is 17.3. The van der Waals surface area contributed by atoms with Crippen LogP contribution >= 0.6 is 0 Å². The molecule has 10 heteroatoms. The zero-order valence-electron chi connectivity index (χ0n) is 25.7. The van der Waals surface area contributed by atoms with Crippen LogP contribution in [0.4, 0.5) is 5.69 Å².